The fourth-order valence-electron chi connectivity index (χ4n) is 2.28. The first-order valence-corrected chi connectivity index (χ1v) is 10.6. The molecule has 0 atom stereocenters. The molecule has 1 N–H and O–H groups in total. The van der Waals surface area contributed by atoms with Crippen molar-refractivity contribution in [3.05, 3.63) is 39.9 Å². The number of anilines is 1. The van der Waals surface area contributed by atoms with E-state index >= 15 is 0 Å². The first kappa shape index (κ1) is 36.1. The molecule has 0 amide bonds. The van der Waals surface area contributed by atoms with Crippen LogP contribution in [0.25, 0.3) is 0 Å². The Bertz CT molecular complexity index is 589. The van der Waals surface area contributed by atoms with Crippen LogP contribution in [0.3, 0.4) is 0 Å². The molecule has 0 unspecified atom stereocenters. The van der Waals surface area contributed by atoms with Crippen molar-refractivity contribution in [3.63, 3.8) is 0 Å². The van der Waals surface area contributed by atoms with Crippen LogP contribution in [-0.2, 0) is 0 Å². The summed E-state index contributed by atoms with van der Waals surface area (Å²) in [5.41, 5.74) is 1.96. The summed E-state index contributed by atoms with van der Waals surface area (Å²) in [6, 6.07) is 1.74. The van der Waals surface area contributed by atoms with Crippen LogP contribution in [0.4, 0.5) is 5.69 Å². The minimum atomic E-state index is 0. The number of unbranched alkanes of at least 4 members (excludes halogenated alkanes) is 1. The minimum absolute atomic E-state index is 0. The summed E-state index contributed by atoms with van der Waals surface area (Å²) >= 11 is 9.59. The zero-order valence-corrected chi connectivity index (χ0v) is 24.5. The molecule has 0 spiro atoms. The smallest absolute Gasteiger partial charge is 0.382 e. The number of allylic oxidation sites excluding steroid dienone is 2. The second-order valence-electron chi connectivity index (χ2n) is 6.15. The summed E-state index contributed by atoms with van der Waals surface area (Å²) in [5.74, 6) is 0. The molecule has 0 aromatic heterocycles. The van der Waals surface area contributed by atoms with Gasteiger partial charge in [0.15, 0.2) is 0 Å². The normalized spacial score (nSPS) is 9.00. The predicted octanol–water partition coefficient (Wildman–Crippen LogP) is 3.40. The van der Waals surface area contributed by atoms with Gasteiger partial charge < -0.3 is 17.6 Å². The van der Waals surface area contributed by atoms with Gasteiger partial charge in [-0.25, -0.2) is 0 Å². The molecule has 0 saturated heterocycles. The van der Waals surface area contributed by atoms with Gasteiger partial charge in [0.2, 0.25) is 5.43 Å². The Morgan fingerprint density at radius 3 is 2.04 bits per heavy atom. The molecule has 0 heterocycles. The molecule has 0 radical (unpaired) electrons. The van der Waals surface area contributed by atoms with Crippen molar-refractivity contribution in [2.45, 2.75) is 67.7 Å². The van der Waals surface area contributed by atoms with E-state index in [1.807, 2.05) is 40.7 Å². The van der Waals surface area contributed by atoms with Crippen molar-refractivity contribution < 1.29 is 51.4 Å². The average Bonchev–Trinajstić information content (AvgIpc) is 2.60. The van der Waals surface area contributed by atoms with E-state index in [2.05, 4.69) is 24.1 Å². The van der Waals surface area contributed by atoms with Crippen LogP contribution >= 0.6 is 24.4 Å². The molecule has 1 aromatic rings. The minimum Gasteiger partial charge on any atom is -0.382 e. The molecule has 1 aromatic carbocycles. The van der Waals surface area contributed by atoms with Crippen LogP contribution in [0.5, 0.6) is 0 Å². The summed E-state index contributed by atoms with van der Waals surface area (Å²) in [7, 11) is 0. The van der Waals surface area contributed by atoms with Gasteiger partial charge in [0.1, 0.15) is 0 Å². The molecule has 0 aliphatic carbocycles. The third-order valence-corrected chi connectivity index (χ3v) is 3.86. The van der Waals surface area contributed by atoms with Crippen molar-refractivity contribution in [3.8, 4) is 0 Å². The van der Waals surface area contributed by atoms with Gasteiger partial charge in [-0.3, -0.25) is 4.79 Å². The Morgan fingerprint density at radius 2 is 1.71 bits per heavy atom. The van der Waals surface area contributed by atoms with E-state index in [0.717, 1.165) is 30.9 Å². The fraction of sp³-hybridized carbons (Fsp3) is 0.636. The van der Waals surface area contributed by atoms with E-state index in [4.69, 9.17) is 24.4 Å². The molecule has 0 bridgehead atoms. The Labute approximate surface area is 227 Å². The standard InChI is InChI=1S/C13H22N2OS.C6H10S.C2H6.CH3.K/c1-3-8-15(4-2)9-6-5-7-14-11-10-12(17)13(11)16;1-5(2)4-6(3)7;1-2;;/h10,14H,3-9H2,1-2H3;4H,1-3H3;1-2H3;1H3;/q;;;-1;+1. The fourth-order valence-corrected chi connectivity index (χ4v) is 2.75. The van der Waals surface area contributed by atoms with Gasteiger partial charge in [-0.2, -0.15) is 0 Å². The molecule has 1 rings (SSSR count). The molecular weight excluding hydrogens is 411 g/mol. The van der Waals surface area contributed by atoms with E-state index in [9.17, 15) is 4.79 Å². The Kier molecular flexibility index (Phi) is 31.0. The van der Waals surface area contributed by atoms with Crippen LogP contribution in [0.15, 0.2) is 22.5 Å². The first-order chi connectivity index (χ1) is 12.3. The molecular formula is C22H41KN2OS2. The number of nitrogens with zero attached hydrogens (tertiary/aromatic N) is 1. The monoisotopic (exact) mass is 452 g/mol. The molecule has 158 valence electrons. The van der Waals surface area contributed by atoms with E-state index in [0.29, 0.717) is 10.2 Å². The zero-order chi connectivity index (χ0) is 20.5. The van der Waals surface area contributed by atoms with Gasteiger partial charge in [0.25, 0.3) is 0 Å². The maximum atomic E-state index is 11.2. The van der Waals surface area contributed by atoms with Crippen molar-refractivity contribution in [2.75, 3.05) is 31.5 Å². The van der Waals surface area contributed by atoms with Crippen LogP contribution in [0.2, 0.25) is 0 Å². The van der Waals surface area contributed by atoms with E-state index < -0.39 is 0 Å². The largest absolute Gasteiger partial charge is 1.00 e. The third kappa shape index (κ3) is 20.0. The summed E-state index contributed by atoms with van der Waals surface area (Å²) in [6.07, 6.45) is 5.46. The predicted molar refractivity (Wildman–Crippen MR) is 132 cm³/mol. The van der Waals surface area contributed by atoms with E-state index in [1.165, 1.54) is 25.0 Å². The third-order valence-electron chi connectivity index (χ3n) is 3.44. The van der Waals surface area contributed by atoms with Crippen LogP contribution in [0, 0.1) is 11.9 Å². The molecule has 0 saturated carbocycles. The maximum absolute atomic E-state index is 11.2. The quantitative estimate of drug-likeness (QED) is 0.193. The number of nitrogens with one attached hydrogen (secondary N) is 1. The molecule has 28 heavy (non-hydrogen) atoms. The van der Waals surface area contributed by atoms with E-state index in [-0.39, 0.29) is 64.2 Å². The molecule has 6 heteroatoms. The van der Waals surface area contributed by atoms with E-state index in [1.54, 1.807) is 6.07 Å². The van der Waals surface area contributed by atoms with Crippen LogP contribution in [-0.4, -0.2) is 35.9 Å². The summed E-state index contributed by atoms with van der Waals surface area (Å²) < 4.78 is 0.451. The van der Waals surface area contributed by atoms with Gasteiger partial charge in [0.05, 0.1) is 10.2 Å². The second-order valence-corrected chi connectivity index (χ2v) is 7.24. The first-order valence-electron chi connectivity index (χ1n) is 9.73. The second kappa shape index (κ2) is 24.0. The number of rotatable bonds is 10. The number of thiocarbonyl (C=S) groups is 1. The van der Waals surface area contributed by atoms with Gasteiger partial charge >= 0.3 is 51.4 Å². The van der Waals surface area contributed by atoms with Crippen molar-refractivity contribution >= 4 is 35.0 Å². The molecule has 0 aliphatic heterocycles. The Morgan fingerprint density at radius 1 is 1.14 bits per heavy atom. The zero-order valence-electron chi connectivity index (χ0n) is 19.8. The van der Waals surface area contributed by atoms with Crippen molar-refractivity contribution in [1.29, 1.82) is 0 Å². The molecule has 3 nitrogen and oxygen atoms in total. The van der Waals surface area contributed by atoms with Gasteiger partial charge in [0, 0.05) is 11.4 Å². The average molecular weight is 453 g/mol. The molecule has 0 aliphatic rings. The molecule has 0 fully saturated rings. The van der Waals surface area contributed by atoms with Crippen LogP contribution < -0.4 is 62.1 Å². The van der Waals surface area contributed by atoms with Gasteiger partial charge in [-0.1, -0.05) is 57.7 Å². The topological polar surface area (TPSA) is 32.3 Å². The number of hydrogen-bond acceptors (Lipinski definition) is 5. The summed E-state index contributed by atoms with van der Waals surface area (Å²) in [5, 5.41) is 3.13. The van der Waals surface area contributed by atoms with Crippen LogP contribution in [0.1, 0.15) is 67.7 Å². The summed E-state index contributed by atoms with van der Waals surface area (Å²) in [6.45, 7) is 18.7. The van der Waals surface area contributed by atoms with Gasteiger partial charge in [-0.05, 0) is 71.8 Å². The Balaban J connectivity index is -0.000000224. The Hall–Kier alpha value is 0.726. The maximum Gasteiger partial charge on any atom is 1.00 e. The van der Waals surface area contributed by atoms with Gasteiger partial charge in [-0.15, -0.1) is 0 Å². The van der Waals surface area contributed by atoms with Crippen molar-refractivity contribution in [2.24, 2.45) is 0 Å². The number of hydrogen-bond donors (Lipinski definition) is 1. The van der Waals surface area contributed by atoms with Crippen molar-refractivity contribution in [1.82, 2.24) is 4.90 Å². The SMILES string of the molecule is CC.CC(=S)C=C(C)C.CCCN(CC)CCCCNc1cc(=S)c1=O.[CH3-].[K+]. The summed E-state index contributed by atoms with van der Waals surface area (Å²) in [4.78, 5) is 14.6.